The Kier molecular flexibility index (Phi) is 6.04. The molecule has 2 N–H and O–H groups in total. The Morgan fingerprint density at radius 2 is 1.81 bits per heavy atom. The van der Waals surface area contributed by atoms with Gasteiger partial charge in [0.25, 0.3) is 0 Å². The SMILES string of the molecule is COC(=O)C(NC(=O)Cc1ccccc1)(Nc1cc(C)ccn1)C(F)(F)F. The van der Waals surface area contributed by atoms with Crippen molar-refractivity contribution < 1.29 is 27.5 Å². The van der Waals surface area contributed by atoms with E-state index in [0.717, 1.165) is 7.11 Å². The summed E-state index contributed by atoms with van der Waals surface area (Å²) in [4.78, 5) is 28.2. The average molecular weight is 381 g/mol. The molecule has 1 heterocycles. The first-order valence-electron chi connectivity index (χ1n) is 7.89. The van der Waals surface area contributed by atoms with Crippen LogP contribution in [0.15, 0.2) is 48.7 Å². The lowest BCUT2D eigenvalue weighted by Crippen LogP contribution is -2.69. The number of pyridine rings is 1. The zero-order valence-corrected chi connectivity index (χ0v) is 14.6. The summed E-state index contributed by atoms with van der Waals surface area (Å²) in [7, 11) is 0.803. The Morgan fingerprint density at radius 3 is 2.37 bits per heavy atom. The molecular weight excluding hydrogens is 363 g/mol. The molecule has 9 heteroatoms. The highest BCUT2D eigenvalue weighted by Gasteiger charge is 2.63. The first-order chi connectivity index (χ1) is 12.7. The van der Waals surface area contributed by atoms with Crippen molar-refractivity contribution in [2.24, 2.45) is 0 Å². The van der Waals surface area contributed by atoms with Gasteiger partial charge in [0.2, 0.25) is 5.91 Å². The Labute approximate surface area is 153 Å². The first kappa shape index (κ1) is 20.2. The zero-order chi connectivity index (χ0) is 20.1. The maximum atomic E-state index is 13.9. The molecule has 0 aliphatic heterocycles. The topological polar surface area (TPSA) is 80.3 Å². The molecule has 6 nitrogen and oxygen atoms in total. The number of rotatable bonds is 6. The minimum absolute atomic E-state index is 0.238. The third-order valence-corrected chi connectivity index (χ3v) is 3.68. The molecule has 0 aliphatic carbocycles. The maximum absolute atomic E-state index is 13.9. The van der Waals surface area contributed by atoms with Gasteiger partial charge in [0.05, 0.1) is 13.5 Å². The number of anilines is 1. The van der Waals surface area contributed by atoms with E-state index in [0.29, 0.717) is 11.1 Å². The summed E-state index contributed by atoms with van der Waals surface area (Å²) in [6.45, 7) is 1.65. The second kappa shape index (κ2) is 8.07. The third-order valence-electron chi connectivity index (χ3n) is 3.68. The lowest BCUT2D eigenvalue weighted by Gasteiger charge is -2.34. The van der Waals surface area contributed by atoms with Crippen LogP contribution >= 0.6 is 0 Å². The number of halogens is 3. The minimum Gasteiger partial charge on any atom is -0.466 e. The molecule has 0 fully saturated rings. The fraction of sp³-hybridized carbons (Fsp3) is 0.278. The maximum Gasteiger partial charge on any atom is 0.441 e. The highest BCUT2D eigenvalue weighted by atomic mass is 19.4. The van der Waals surface area contributed by atoms with Crippen molar-refractivity contribution in [3.63, 3.8) is 0 Å². The lowest BCUT2D eigenvalue weighted by molar-refractivity contribution is -0.206. The molecule has 1 aromatic heterocycles. The van der Waals surface area contributed by atoms with E-state index in [2.05, 4.69) is 9.72 Å². The number of methoxy groups -OCH3 is 1. The molecule has 144 valence electrons. The van der Waals surface area contributed by atoms with Crippen LogP contribution in [-0.4, -0.2) is 35.8 Å². The van der Waals surface area contributed by atoms with Crippen molar-refractivity contribution in [2.75, 3.05) is 12.4 Å². The molecular formula is C18H18F3N3O3. The van der Waals surface area contributed by atoms with E-state index in [1.165, 1.54) is 12.3 Å². The largest absolute Gasteiger partial charge is 0.466 e. The number of nitrogens with one attached hydrogen (secondary N) is 2. The van der Waals surface area contributed by atoms with E-state index < -0.39 is 23.7 Å². The molecule has 0 bridgehead atoms. The van der Waals surface area contributed by atoms with Gasteiger partial charge >= 0.3 is 17.8 Å². The number of hydrogen-bond acceptors (Lipinski definition) is 5. The average Bonchev–Trinajstić information content (AvgIpc) is 2.60. The smallest absolute Gasteiger partial charge is 0.441 e. The number of ether oxygens (including phenoxy) is 1. The molecule has 2 rings (SSSR count). The van der Waals surface area contributed by atoms with Gasteiger partial charge in [-0.15, -0.1) is 0 Å². The predicted octanol–water partition coefficient (Wildman–Crippen LogP) is 2.59. The molecule has 0 saturated heterocycles. The fourth-order valence-corrected chi connectivity index (χ4v) is 2.38. The van der Waals surface area contributed by atoms with Crippen LogP contribution in [0.3, 0.4) is 0 Å². The number of aryl methyl sites for hydroxylation is 1. The number of carbonyl (C=O) groups is 2. The first-order valence-corrected chi connectivity index (χ1v) is 7.89. The van der Waals surface area contributed by atoms with Crippen molar-refractivity contribution >= 4 is 17.7 Å². The number of aromatic nitrogens is 1. The van der Waals surface area contributed by atoms with Crippen molar-refractivity contribution in [3.8, 4) is 0 Å². The molecule has 0 radical (unpaired) electrons. The van der Waals surface area contributed by atoms with E-state index in [1.807, 2.05) is 5.32 Å². The summed E-state index contributed by atoms with van der Waals surface area (Å²) in [5.74, 6) is -2.96. The number of alkyl halides is 3. The second-order valence-electron chi connectivity index (χ2n) is 5.79. The van der Waals surface area contributed by atoms with E-state index >= 15 is 0 Å². The number of carbonyl (C=O) groups excluding carboxylic acids is 2. The number of benzene rings is 1. The van der Waals surface area contributed by atoms with Gasteiger partial charge in [-0.2, -0.15) is 13.2 Å². The summed E-state index contributed by atoms with van der Waals surface area (Å²) in [5.41, 5.74) is -2.37. The molecule has 1 aromatic carbocycles. The van der Waals surface area contributed by atoms with Gasteiger partial charge in [-0.05, 0) is 30.2 Å². The normalized spacial score (nSPS) is 13.4. The molecule has 0 spiro atoms. The zero-order valence-electron chi connectivity index (χ0n) is 14.6. The summed E-state index contributed by atoms with van der Waals surface area (Å²) < 4.78 is 46.0. The highest BCUT2D eigenvalue weighted by Crippen LogP contribution is 2.32. The predicted molar refractivity (Wildman–Crippen MR) is 91.7 cm³/mol. The van der Waals surface area contributed by atoms with E-state index in [4.69, 9.17) is 0 Å². The van der Waals surface area contributed by atoms with Crippen LogP contribution in [0.5, 0.6) is 0 Å². The van der Waals surface area contributed by atoms with Gasteiger partial charge in [0, 0.05) is 6.20 Å². The van der Waals surface area contributed by atoms with Crippen LogP contribution in [0.1, 0.15) is 11.1 Å². The van der Waals surface area contributed by atoms with Gasteiger partial charge in [0.15, 0.2) is 0 Å². The number of nitrogens with zero attached hydrogens (tertiary/aromatic N) is 1. The van der Waals surface area contributed by atoms with Crippen molar-refractivity contribution in [1.82, 2.24) is 10.3 Å². The van der Waals surface area contributed by atoms with Crippen LogP contribution < -0.4 is 10.6 Å². The van der Waals surface area contributed by atoms with E-state index in [1.54, 1.807) is 48.6 Å². The summed E-state index contributed by atoms with van der Waals surface area (Å²) in [6, 6.07) is 11.1. The van der Waals surface area contributed by atoms with Crippen LogP contribution in [0.2, 0.25) is 0 Å². The molecule has 2 aromatic rings. The molecule has 0 saturated carbocycles. The van der Waals surface area contributed by atoms with Crippen LogP contribution in [-0.2, 0) is 20.7 Å². The molecule has 27 heavy (non-hydrogen) atoms. The standard InChI is InChI=1S/C18H18F3N3O3/c1-12-8-9-22-14(10-12)23-17(16(26)27-2,18(19,20)21)24-15(25)11-13-6-4-3-5-7-13/h3-10H,11H2,1-2H3,(H,22,23)(H,24,25). The van der Waals surface area contributed by atoms with Crippen molar-refractivity contribution in [1.29, 1.82) is 0 Å². The van der Waals surface area contributed by atoms with Gasteiger partial charge in [-0.25, -0.2) is 9.78 Å². The van der Waals surface area contributed by atoms with Crippen molar-refractivity contribution in [3.05, 3.63) is 59.8 Å². The monoisotopic (exact) mass is 381 g/mol. The van der Waals surface area contributed by atoms with Crippen LogP contribution in [0.25, 0.3) is 0 Å². The summed E-state index contributed by atoms with van der Waals surface area (Å²) in [6.07, 6.45) is -4.27. The van der Waals surface area contributed by atoms with Crippen molar-refractivity contribution in [2.45, 2.75) is 25.2 Å². The quantitative estimate of drug-likeness (QED) is 0.594. The van der Waals surface area contributed by atoms with Gasteiger partial charge < -0.3 is 15.4 Å². The fourth-order valence-electron chi connectivity index (χ4n) is 2.38. The van der Waals surface area contributed by atoms with Gasteiger partial charge in [-0.3, -0.25) is 4.79 Å². The van der Waals surface area contributed by atoms with E-state index in [9.17, 15) is 22.8 Å². The van der Waals surface area contributed by atoms with Gasteiger partial charge in [0.1, 0.15) is 5.82 Å². The Hall–Kier alpha value is -3.10. The molecule has 1 atom stereocenters. The highest BCUT2D eigenvalue weighted by molar-refractivity contribution is 5.91. The minimum atomic E-state index is -5.20. The van der Waals surface area contributed by atoms with Crippen LogP contribution in [0, 0.1) is 6.92 Å². The summed E-state index contributed by atoms with van der Waals surface area (Å²) in [5, 5.41) is 3.75. The second-order valence-corrected chi connectivity index (χ2v) is 5.79. The third kappa shape index (κ3) is 4.75. The van der Waals surface area contributed by atoms with Crippen LogP contribution in [0.4, 0.5) is 19.0 Å². The Balaban J connectivity index is 2.38. The Morgan fingerprint density at radius 1 is 1.15 bits per heavy atom. The number of esters is 1. The van der Waals surface area contributed by atoms with Gasteiger partial charge in [-0.1, -0.05) is 30.3 Å². The number of hydrogen-bond donors (Lipinski definition) is 2. The number of amides is 1. The molecule has 0 aliphatic rings. The Bertz CT molecular complexity index is 812. The van der Waals surface area contributed by atoms with E-state index in [-0.39, 0.29) is 12.2 Å². The summed E-state index contributed by atoms with van der Waals surface area (Å²) >= 11 is 0. The molecule has 1 amide bonds. The lowest BCUT2D eigenvalue weighted by atomic mass is 10.1. The molecule has 1 unspecified atom stereocenters.